The highest BCUT2D eigenvalue weighted by Gasteiger charge is 2.29. The summed E-state index contributed by atoms with van der Waals surface area (Å²) in [4.78, 5) is 4.41. The summed E-state index contributed by atoms with van der Waals surface area (Å²) in [6.45, 7) is 3.20. The maximum atomic E-state index is 12.4. The molecule has 0 bridgehead atoms. The van der Waals surface area contributed by atoms with Gasteiger partial charge in [-0.25, -0.2) is 4.98 Å². The van der Waals surface area contributed by atoms with Crippen molar-refractivity contribution in [2.45, 2.75) is 32.6 Å². The number of thiazole rings is 1. The van der Waals surface area contributed by atoms with Gasteiger partial charge in [0.25, 0.3) is 0 Å². The minimum absolute atomic E-state index is 0.525. The van der Waals surface area contributed by atoms with Gasteiger partial charge >= 0.3 is 6.18 Å². The molecule has 0 atom stereocenters. The zero-order chi connectivity index (χ0) is 14.6. The monoisotopic (exact) mass is 300 g/mol. The number of halogens is 3. The standard InChI is InChI=1S/C14H15F3N2S/c1-2-13-19-12(9-20-13)8-18-7-10-3-5-11(6-4-10)14(15,16)17/h3-6,9,18H,2,7-8H2,1H3. The van der Waals surface area contributed by atoms with Crippen LogP contribution in [0, 0.1) is 0 Å². The van der Waals surface area contributed by atoms with Gasteiger partial charge in [-0.3, -0.25) is 0 Å². The lowest BCUT2D eigenvalue weighted by molar-refractivity contribution is -0.137. The van der Waals surface area contributed by atoms with Crippen molar-refractivity contribution in [3.63, 3.8) is 0 Å². The van der Waals surface area contributed by atoms with Gasteiger partial charge in [0.1, 0.15) is 0 Å². The molecule has 108 valence electrons. The Bertz CT molecular complexity index is 546. The molecule has 1 heterocycles. The summed E-state index contributed by atoms with van der Waals surface area (Å²) >= 11 is 1.62. The van der Waals surface area contributed by atoms with Gasteiger partial charge in [-0.05, 0) is 24.1 Å². The van der Waals surface area contributed by atoms with Crippen molar-refractivity contribution >= 4 is 11.3 Å². The van der Waals surface area contributed by atoms with Gasteiger partial charge in [-0.15, -0.1) is 11.3 Å². The number of benzene rings is 1. The highest BCUT2D eigenvalue weighted by atomic mass is 32.1. The van der Waals surface area contributed by atoms with Crippen LogP contribution in [0.5, 0.6) is 0 Å². The maximum absolute atomic E-state index is 12.4. The number of alkyl halides is 3. The molecular formula is C14H15F3N2S. The Morgan fingerprint density at radius 1 is 1.15 bits per heavy atom. The molecule has 1 aromatic carbocycles. The Kier molecular flexibility index (Phi) is 4.77. The zero-order valence-corrected chi connectivity index (χ0v) is 11.8. The predicted octanol–water partition coefficient (Wildman–Crippen LogP) is 4.01. The van der Waals surface area contributed by atoms with Crippen LogP contribution in [0.1, 0.15) is 28.8 Å². The van der Waals surface area contributed by atoms with Crippen LogP contribution < -0.4 is 5.32 Å². The quantitative estimate of drug-likeness (QED) is 0.902. The Morgan fingerprint density at radius 2 is 1.85 bits per heavy atom. The lowest BCUT2D eigenvalue weighted by Gasteiger charge is -2.08. The van der Waals surface area contributed by atoms with E-state index in [0.29, 0.717) is 13.1 Å². The van der Waals surface area contributed by atoms with E-state index in [1.165, 1.54) is 12.1 Å². The average molecular weight is 300 g/mol. The van der Waals surface area contributed by atoms with Crippen LogP contribution in [0.2, 0.25) is 0 Å². The Balaban J connectivity index is 1.85. The first-order chi connectivity index (χ1) is 9.49. The molecule has 2 aromatic rings. The van der Waals surface area contributed by atoms with Gasteiger partial charge in [0.2, 0.25) is 0 Å². The van der Waals surface area contributed by atoms with E-state index < -0.39 is 11.7 Å². The molecule has 20 heavy (non-hydrogen) atoms. The largest absolute Gasteiger partial charge is 0.416 e. The number of nitrogens with zero attached hydrogens (tertiary/aromatic N) is 1. The van der Waals surface area contributed by atoms with E-state index >= 15 is 0 Å². The van der Waals surface area contributed by atoms with Gasteiger partial charge in [0, 0.05) is 18.5 Å². The Labute approximate surface area is 119 Å². The fraction of sp³-hybridized carbons (Fsp3) is 0.357. The molecular weight excluding hydrogens is 285 g/mol. The third-order valence-electron chi connectivity index (χ3n) is 2.82. The fourth-order valence-corrected chi connectivity index (χ4v) is 2.48. The molecule has 1 aromatic heterocycles. The van der Waals surface area contributed by atoms with E-state index in [4.69, 9.17) is 0 Å². The van der Waals surface area contributed by atoms with Gasteiger partial charge in [-0.1, -0.05) is 19.1 Å². The van der Waals surface area contributed by atoms with Crippen LogP contribution in [-0.4, -0.2) is 4.98 Å². The van der Waals surface area contributed by atoms with Gasteiger partial charge in [0.15, 0.2) is 0 Å². The number of nitrogens with one attached hydrogen (secondary N) is 1. The summed E-state index contributed by atoms with van der Waals surface area (Å²) in [5.74, 6) is 0. The first-order valence-electron chi connectivity index (χ1n) is 6.29. The van der Waals surface area contributed by atoms with Gasteiger partial charge in [-0.2, -0.15) is 13.2 Å². The van der Waals surface area contributed by atoms with E-state index in [9.17, 15) is 13.2 Å². The molecule has 0 spiro atoms. The summed E-state index contributed by atoms with van der Waals surface area (Å²) in [5.41, 5.74) is 1.18. The molecule has 1 N–H and O–H groups in total. The number of aryl methyl sites for hydroxylation is 1. The third kappa shape index (κ3) is 4.05. The number of aromatic nitrogens is 1. The summed E-state index contributed by atoms with van der Waals surface area (Å²) in [7, 11) is 0. The molecule has 0 saturated carbocycles. The minimum atomic E-state index is -4.27. The zero-order valence-electron chi connectivity index (χ0n) is 11.0. The van der Waals surface area contributed by atoms with Crippen molar-refractivity contribution in [3.05, 3.63) is 51.5 Å². The molecule has 0 aliphatic rings. The van der Waals surface area contributed by atoms with Crippen molar-refractivity contribution in [3.8, 4) is 0 Å². The molecule has 0 unspecified atom stereocenters. The third-order valence-corrected chi connectivity index (χ3v) is 3.86. The van der Waals surface area contributed by atoms with Crippen molar-refractivity contribution in [1.82, 2.24) is 10.3 Å². The molecule has 2 rings (SSSR count). The van der Waals surface area contributed by atoms with Crippen LogP contribution in [0.25, 0.3) is 0 Å². The Morgan fingerprint density at radius 3 is 2.40 bits per heavy atom. The van der Waals surface area contributed by atoms with E-state index in [0.717, 1.165) is 34.8 Å². The topological polar surface area (TPSA) is 24.9 Å². The lowest BCUT2D eigenvalue weighted by atomic mass is 10.1. The molecule has 0 amide bonds. The highest BCUT2D eigenvalue weighted by molar-refractivity contribution is 7.09. The first-order valence-corrected chi connectivity index (χ1v) is 7.17. The van der Waals surface area contributed by atoms with Crippen molar-refractivity contribution in [2.24, 2.45) is 0 Å². The van der Waals surface area contributed by atoms with E-state index in [1.807, 2.05) is 5.38 Å². The van der Waals surface area contributed by atoms with Gasteiger partial charge < -0.3 is 5.32 Å². The maximum Gasteiger partial charge on any atom is 0.416 e. The second kappa shape index (κ2) is 6.37. The molecule has 0 radical (unpaired) electrons. The van der Waals surface area contributed by atoms with Gasteiger partial charge in [0.05, 0.1) is 16.3 Å². The SMILES string of the molecule is CCc1nc(CNCc2ccc(C(F)(F)F)cc2)cs1. The normalized spacial score (nSPS) is 11.8. The second-order valence-electron chi connectivity index (χ2n) is 4.38. The number of rotatable bonds is 5. The summed E-state index contributed by atoms with van der Waals surface area (Å²) in [5, 5.41) is 6.27. The van der Waals surface area contributed by atoms with E-state index in [2.05, 4.69) is 17.2 Å². The van der Waals surface area contributed by atoms with Crippen LogP contribution in [0.4, 0.5) is 13.2 Å². The average Bonchev–Trinajstić information content (AvgIpc) is 2.86. The molecule has 0 fully saturated rings. The summed E-state index contributed by atoms with van der Waals surface area (Å²) in [6.07, 6.45) is -3.35. The summed E-state index contributed by atoms with van der Waals surface area (Å²) in [6, 6.07) is 5.20. The van der Waals surface area contributed by atoms with Crippen molar-refractivity contribution in [2.75, 3.05) is 0 Å². The fourth-order valence-electron chi connectivity index (χ4n) is 1.74. The number of hydrogen-bond acceptors (Lipinski definition) is 3. The first kappa shape index (κ1) is 15.0. The molecule has 0 saturated heterocycles. The van der Waals surface area contributed by atoms with Crippen molar-refractivity contribution < 1.29 is 13.2 Å². The van der Waals surface area contributed by atoms with Crippen LogP contribution in [-0.2, 0) is 25.7 Å². The highest BCUT2D eigenvalue weighted by Crippen LogP contribution is 2.29. The van der Waals surface area contributed by atoms with E-state index in [1.54, 1.807) is 11.3 Å². The minimum Gasteiger partial charge on any atom is -0.307 e. The smallest absolute Gasteiger partial charge is 0.307 e. The summed E-state index contributed by atoms with van der Waals surface area (Å²) < 4.78 is 37.2. The molecule has 6 heteroatoms. The van der Waals surface area contributed by atoms with Crippen LogP contribution >= 0.6 is 11.3 Å². The van der Waals surface area contributed by atoms with E-state index in [-0.39, 0.29) is 0 Å². The van der Waals surface area contributed by atoms with Crippen LogP contribution in [0.15, 0.2) is 29.6 Å². The second-order valence-corrected chi connectivity index (χ2v) is 5.33. The molecule has 2 nitrogen and oxygen atoms in total. The van der Waals surface area contributed by atoms with Crippen LogP contribution in [0.3, 0.4) is 0 Å². The lowest BCUT2D eigenvalue weighted by Crippen LogP contribution is -2.13. The Hall–Kier alpha value is -1.40. The number of hydrogen-bond donors (Lipinski definition) is 1. The molecule has 0 aliphatic carbocycles. The van der Waals surface area contributed by atoms with Crippen molar-refractivity contribution in [1.29, 1.82) is 0 Å². The molecule has 0 aliphatic heterocycles. The predicted molar refractivity (Wildman–Crippen MR) is 73.5 cm³/mol.